The van der Waals surface area contributed by atoms with Gasteiger partial charge in [-0.2, -0.15) is 0 Å². The highest BCUT2D eigenvalue weighted by molar-refractivity contribution is 6.74. The molecule has 0 spiro atoms. The fraction of sp³-hybridized carbons (Fsp3) is 1.00. The van der Waals surface area contributed by atoms with Crippen LogP contribution in [0.2, 0.25) is 18.1 Å². The lowest BCUT2D eigenvalue weighted by Crippen LogP contribution is -2.56. The Kier molecular flexibility index (Phi) is 3.66. The quantitative estimate of drug-likeness (QED) is 0.784. The fourth-order valence-electron chi connectivity index (χ4n) is 2.23. The summed E-state index contributed by atoms with van der Waals surface area (Å²) >= 11 is 0. The maximum Gasteiger partial charge on any atom is 0.192 e. The predicted molar refractivity (Wildman–Crippen MR) is 71.9 cm³/mol. The zero-order valence-electron chi connectivity index (χ0n) is 12.3. The zero-order valence-corrected chi connectivity index (χ0v) is 13.3. The van der Waals surface area contributed by atoms with Crippen molar-refractivity contribution in [3.63, 3.8) is 0 Å². The topological polar surface area (TPSA) is 47.9 Å². The summed E-state index contributed by atoms with van der Waals surface area (Å²) in [6, 6.07) is 0. The molecule has 0 radical (unpaired) electrons. The average Bonchev–Trinajstić information content (AvgIpc) is 2.66. The third-order valence-electron chi connectivity index (χ3n) is 4.64. The van der Waals surface area contributed by atoms with E-state index in [1.54, 1.807) is 0 Å². The molecule has 2 fully saturated rings. The first kappa shape index (κ1) is 14.5. The van der Waals surface area contributed by atoms with Crippen LogP contribution in [0.5, 0.6) is 0 Å². The van der Waals surface area contributed by atoms with E-state index in [1.165, 1.54) is 0 Å². The summed E-state index contributed by atoms with van der Waals surface area (Å²) < 4.78 is 17.6. The standard InChI is InChI=1S/C13H26O4Si/c1-8-10(14)11(9-7-15-12(8)16-9)17-18(5,6)13(2,3)4/h8-12,14H,7H2,1-6H3/t8-,9-,10-,11-,12-/m1/s1. The summed E-state index contributed by atoms with van der Waals surface area (Å²) in [7, 11) is -1.90. The highest BCUT2D eigenvalue weighted by Crippen LogP contribution is 2.41. The van der Waals surface area contributed by atoms with Crippen molar-refractivity contribution in [1.29, 1.82) is 0 Å². The Morgan fingerprint density at radius 2 is 1.89 bits per heavy atom. The zero-order chi connectivity index (χ0) is 13.7. The number of hydrogen-bond donors (Lipinski definition) is 1. The molecule has 0 aliphatic carbocycles. The molecule has 106 valence electrons. The lowest BCUT2D eigenvalue weighted by molar-refractivity contribution is -0.194. The van der Waals surface area contributed by atoms with E-state index in [-0.39, 0.29) is 29.5 Å². The Morgan fingerprint density at radius 1 is 1.28 bits per heavy atom. The first-order valence-electron chi connectivity index (χ1n) is 6.76. The van der Waals surface area contributed by atoms with Crippen LogP contribution < -0.4 is 0 Å². The number of rotatable bonds is 2. The van der Waals surface area contributed by atoms with Crippen LogP contribution in [-0.4, -0.2) is 44.6 Å². The van der Waals surface area contributed by atoms with Gasteiger partial charge in [-0.25, -0.2) is 0 Å². The van der Waals surface area contributed by atoms with Crippen molar-refractivity contribution in [3.05, 3.63) is 0 Å². The molecule has 5 heteroatoms. The molecule has 0 unspecified atom stereocenters. The number of aliphatic hydroxyl groups is 1. The lowest BCUT2D eigenvalue weighted by Gasteiger charge is -2.44. The number of aliphatic hydroxyl groups excluding tert-OH is 1. The molecule has 2 aliphatic rings. The predicted octanol–water partition coefficient (Wildman–Crippen LogP) is 2.13. The summed E-state index contributed by atoms with van der Waals surface area (Å²) in [5, 5.41) is 10.5. The van der Waals surface area contributed by atoms with Crippen LogP contribution in [-0.2, 0) is 13.9 Å². The van der Waals surface area contributed by atoms with E-state index in [0.717, 1.165) is 0 Å². The molecule has 0 aromatic rings. The molecule has 2 aliphatic heterocycles. The highest BCUT2D eigenvalue weighted by Gasteiger charge is 2.51. The van der Waals surface area contributed by atoms with Crippen LogP contribution in [0.25, 0.3) is 0 Å². The lowest BCUT2D eigenvalue weighted by atomic mass is 9.94. The summed E-state index contributed by atoms with van der Waals surface area (Å²) in [5.74, 6) is -0.0291. The average molecular weight is 274 g/mol. The molecule has 2 saturated heterocycles. The second kappa shape index (κ2) is 4.56. The maximum atomic E-state index is 10.4. The molecule has 2 rings (SSSR count). The molecular formula is C13H26O4Si. The van der Waals surface area contributed by atoms with E-state index in [4.69, 9.17) is 13.9 Å². The second-order valence-corrected chi connectivity index (χ2v) is 11.8. The van der Waals surface area contributed by atoms with Crippen LogP contribution in [0.1, 0.15) is 27.7 Å². The maximum absolute atomic E-state index is 10.4. The minimum Gasteiger partial charge on any atom is -0.409 e. The highest BCUT2D eigenvalue weighted by atomic mass is 28.4. The van der Waals surface area contributed by atoms with Gasteiger partial charge in [0.15, 0.2) is 14.6 Å². The molecule has 1 N–H and O–H groups in total. The smallest absolute Gasteiger partial charge is 0.192 e. The molecule has 18 heavy (non-hydrogen) atoms. The van der Waals surface area contributed by atoms with Gasteiger partial charge in [-0.15, -0.1) is 0 Å². The Labute approximate surface area is 111 Å². The first-order chi connectivity index (χ1) is 8.13. The molecule has 0 amide bonds. The minimum absolute atomic E-state index is 0.0291. The SMILES string of the molecule is C[C@H]1[C@@H]2OC[C@@H](O2)[C@@H](O[Si](C)(C)C(C)(C)C)[C@@H]1O. The van der Waals surface area contributed by atoms with Crippen LogP contribution >= 0.6 is 0 Å². The van der Waals surface area contributed by atoms with E-state index in [9.17, 15) is 5.11 Å². The van der Waals surface area contributed by atoms with Gasteiger partial charge >= 0.3 is 0 Å². The van der Waals surface area contributed by atoms with Crippen molar-refractivity contribution in [2.45, 2.75) is 70.4 Å². The Morgan fingerprint density at radius 3 is 2.44 bits per heavy atom. The number of hydrogen-bond acceptors (Lipinski definition) is 4. The Hall–Kier alpha value is 0.0569. The van der Waals surface area contributed by atoms with Crippen LogP contribution in [0.15, 0.2) is 0 Å². The van der Waals surface area contributed by atoms with E-state index in [1.807, 2.05) is 6.92 Å². The van der Waals surface area contributed by atoms with Crippen molar-refractivity contribution >= 4 is 8.32 Å². The third-order valence-corrected chi connectivity index (χ3v) is 9.12. The van der Waals surface area contributed by atoms with Gasteiger partial charge in [0.1, 0.15) is 6.10 Å². The van der Waals surface area contributed by atoms with Crippen molar-refractivity contribution < 1.29 is 19.0 Å². The number of fused-ring (bicyclic) bond motifs is 2. The van der Waals surface area contributed by atoms with Gasteiger partial charge in [-0.3, -0.25) is 0 Å². The van der Waals surface area contributed by atoms with Crippen molar-refractivity contribution in [2.24, 2.45) is 5.92 Å². The summed E-state index contributed by atoms with van der Waals surface area (Å²) in [4.78, 5) is 0. The van der Waals surface area contributed by atoms with E-state index < -0.39 is 14.4 Å². The number of ether oxygens (including phenoxy) is 2. The monoisotopic (exact) mass is 274 g/mol. The van der Waals surface area contributed by atoms with Gasteiger partial charge in [0.2, 0.25) is 0 Å². The fourth-order valence-corrected chi connectivity index (χ4v) is 3.56. The van der Waals surface area contributed by atoms with Crippen molar-refractivity contribution in [1.82, 2.24) is 0 Å². The second-order valence-electron chi connectivity index (χ2n) is 7.07. The molecule has 5 atom stereocenters. The normalized spacial score (nSPS) is 41.2. The summed E-state index contributed by atoms with van der Waals surface area (Å²) in [6.07, 6.45) is -1.12. The van der Waals surface area contributed by atoms with Crippen molar-refractivity contribution in [3.8, 4) is 0 Å². The van der Waals surface area contributed by atoms with Gasteiger partial charge < -0.3 is 19.0 Å². The van der Waals surface area contributed by atoms with Gasteiger partial charge in [-0.05, 0) is 18.1 Å². The molecule has 2 bridgehead atoms. The summed E-state index contributed by atoms with van der Waals surface area (Å²) in [6.45, 7) is 13.5. The minimum atomic E-state index is -1.90. The summed E-state index contributed by atoms with van der Waals surface area (Å²) in [5.41, 5.74) is 0. The van der Waals surface area contributed by atoms with Gasteiger partial charge in [-0.1, -0.05) is 27.7 Å². The molecular weight excluding hydrogens is 248 g/mol. The largest absolute Gasteiger partial charge is 0.409 e. The molecule has 2 heterocycles. The van der Waals surface area contributed by atoms with Gasteiger partial charge in [0, 0.05) is 5.92 Å². The Balaban J connectivity index is 2.13. The van der Waals surface area contributed by atoms with Crippen LogP contribution in [0.3, 0.4) is 0 Å². The van der Waals surface area contributed by atoms with Gasteiger partial charge in [0.05, 0.1) is 18.8 Å². The van der Waals surface area contributed by atoms with Gasteiger partial charge in [0.25, 0.3) is 0 Å². The van der Waals surface area contributed by atoms with E-state index in [2.05, 4.69) is 33.9 Å². The molecule has 0 aromatic carbocycles. The Bertz CT molecular complexity index is 313. The van der Waals surface area contributed by atoms with E-state index in [0.29, 0.717) is 6.61 Å². The third kappa shape index (κ3) is 2.39. The van der Waals surface area contributed by atoms with E-state index >= 15 is 0 Å². The molecule has 0 aromatic heterocycles. The van der Waals surface area contributed by atoms with Crippen molar-refractivity contribution in [2.75, 3.05) is 6.61 Å². The van der Waals surface area contributed by atoms with Crippen LogP contribution in [0, 0.1) is 5.92 Å². The molecule has 4 nitrogen and oxygen atoms in total. The molecule has 0 saturated carbocycles. The van der Waals surface area contributed by atoms with Crippen LogP contribution in [0.4, 0.5) is 0 Å². The first-order valence-corrected chi connectivity index (χ1v) is 9.67.